The van der Waals surface area contributed by atoms with Gasteiger partial charge in [-0.25, -0.2) is 13.1 Å². The van der Waals surface area contributed by atoms with Crippen LogP contribution < -0.4 is 10.5 Å². The predicted molar refractivity (Wildman–Crippen MR) is 83.4 cm³/mol. The smallest absolute Gasteiger partial charge is 0.240 e. The highest BCUT2D eigenvalue weighted by molar-refractivity contribution is 7.89. The van der Waals surface area contributed by atoms with Gasteiger partial charge in [0.05, 0.1) is 4.90 Å². The molecule has 1 aromatic heterocycles. The van der Waals surface area contributed by atoms with Gasteiger partial charge in [0.1, 0.15) is 0 Å². The third-order valence-corrected chi connectivity index (χ3v) is 4.70. The highest BCUT2D eigenvalue weighted by Gasteiger charge is 2.17. The Hall–Kier alpha value is -1.92. The highest BCUT2D eigenvalue weighted by Crippen LogP contribution is 2.19. The van der Waals surface area contributed by atoms with E-state index in [2.05, 4.69) is 9.71 Å². The Labute approximate surface area is 125 Å². The average molecular weight is 305 g/mol. The zero-order valence-electron chi connectivity index (χ0n) is 11.9. The molecular formula is C15H19N3O2S. The maximum absolute atomic E-state index is 12.4. The number of aromatic nitrogens is 1. The standard InChI is InChI=1S/C15H19N3O2S/c1-2-12-6-7-13(16)11-15(12)21(19,20)18-10-8-14-5-3-4-9-17-14/h3-7,9,11,18H,2,8,10,16H2,1H3. The van der Waals surface area contributed by atoms with E-state index in [0.717, 1.165) is 11.3 Å². The molecule has 0 amide bonds. The van der Waals surface area contributed by atoms with Gasteiger partial charge in [-0.3, -0.25) is 4.98 Å². The molecule has 0 aliphatic rings. The molecule has 5 nitrogen and oxygen atoms in total. The lowest BCUT2D eigenvalue weighted by Crippen LogP contribution is -2.27. The van der Waals surface area contributed by atoms with Crippen LogP contribution in [0.4, 0.5) is 5.69 Å². The van der Waals surface area contributed by atoms with Crippen molar-refractivity contribution in [3.8, 4) is 0 Å². The van der Waals surface area contributed by atoms with Crippen molar-refractivity contribution in [3.63, 3.8) is 0 Å². The van der Waals surface area contributed by atoms with Crippen LogP contribution >= 0.6 is 0 Å². The van der Waals surface area contributed by atoms with Crippen LogP contribution in [0.3, 0.4) is 0 Å². The van der Waals surface area contributed by atoms with E-state index in [1.165, 1.54) is 6.07 Å². The van der Waals surface area contributed by atoms with Crippen molar-refractivity contribution in [2.75, 3.05) is 12.3 Å². The number of rotatable bonds is 6. The Morgan fingerprint density at radius 2 is 2.05 bits per heavy atom. The number of aryl methyl sites for hydroxylation is 1. The van der Waals surface area contributed by atoms with E-state index >= 15 is 0 Å². The maximum atomic E-state index is 12.4. The summed E-state index contributed by atoms with van der Waals surface area (Å²) in [5.41, 5.74) is 7.75. The molecule has 1 aromatic carbocycles. The van der Waals surface area contributed by atoms with Gasteiger partial charge < -0.3 is 5.73 Å². The van der Waals surface area contributed by atoms with Gasteiger partial charge in [0.2, 0.25) is 10.0 Å². The molecule has 2 rings (SSSR count). The molecule has 2 aromatic rings. The molecule has 0 bridgehead atoms. The lowest BCUT2D eigenvalue weighted by molar-refractivity contribution is 0.580. The summed E-state index contributed by atoms with van der Waals surface area (Å²) in [6, 6.07) is 10.5. The van der Waals surface area contributed by atoms with E-state index in [1.54, 1.807) is 18.3 Å². The zero-order chi connectivity index (χ0) is 15.3. The number of hydrogen-bond acceptors (Lipinski definition) is 4. The van der Waals surface area contributed by atoms with Crippen LogP contribution in [0, 0.1) is 0 Å². The van der Waals surface area contributed by atoms with Crippen LogP contribution in [0.25, 0.3) is 0 Å². The maximum Gasteiger partial charge on any atom is 0.240 e. The Kier molecular flexibility index (Phi) is 4.93. The Morgan fingerprint density at radius 3 is 2.71 bits per heavy atom. The minimum atomic E-state index is -3.55. The van der Waals surface area contributed by atoms with E-state index < -0.39 is 10.0 Å². The minimum absolute atomic E-state index is 0.256. The van der Waals surface area contributed by atoms with E-state index in [9.17, 15) is 8.42 Å². The fraction of sp³-hybridized carbons (Fsp3) is 0.267. The van der Waals surface area contributed by atoms with Gasteiger partial charge in [-0.1, -0.05) is 19.1 Å². The summed E-state index contributed by atoms with van der Waals surface area (Å²) in [6.45, 7) is 2.22. The summed E-state index contributed by atoms with van der Waals surface area (Å²) in [5, 5.41) is 0. The molecule has 0 saturated heterocycles. The van der Waals surface area contributed by atoms with Gasteiger partial charge >= 0.3 is 0 Å². The number of benzene rings is 1. The predicted octanol–water partition coefficient (Wildman–Crippen LogP) is 1.75. The summed E-state index contributed by atoms with van der Waals surface area (Å²) < 4.78 is 27.3. The number of pyridine rings is 1. The first-order valence-electron chi connectivity index (χ1n) is 6.81. The third-order valence-electron chi connectivity index (χ3n) is 3.16. The average Bonchev–Trinajstić information content (AvgIpc) is 2.48. The number of nitrogens with two attached hydrogens (primary N) is 1. The number of hydrogen-bond donors (Lipinski definition) is 2. The quantitative estimate of drug-likeness (QED) is 0.796. The Morgan fingerprint density at radius 1 is 1.24 bits per heavy atom. The molecule has 0 aliphatic carbocycles. The molecule has 0 atom stereocenters. The molecule has 21 heavy (non-hydrogen) atoms. The number of sulfonamides is 1. The van der Waals surface area contributed by atoms with Gasteiger partial charge in [0.25, 0.3) is 0 Å². The number of nitrogens with zero attached hydrogens (tertiary/aromatic N) is 1. The van der Waals surface area contributed by atoms with Crippen molar-refractivity contribution in [3.05, 3.63) is 53.9 Å². The summed E-state index contributed by atoms with van der Waals surface area (Å²) in [6.07, 6.45) is 2.87. The molecule has 0 radical (unpaired) electrons. The fourth-order valence-corrected chi connectivity index (χ4v) is 3.43. The first kappa shape index (κ1) is 15.5. The van der Waals surface area contributed by atoms with Crippen LogP contribution in [0.2, 0.25) is 0 Å². The summed E-state index contributed by atoms with van der Waals surface area (Å²) >= 11 is 0. The molecule has 1 heterocycles. The van der Waals surface area contributed by atoms with Gasteiger partial charge in [-0.2, -0.15) is 0 Å². The summed E-state index contributed by atoms with van der Waals surface area (Å²) in [4.78, 5) is 4.42. The molecule has 0 fully saturated rings. The van der Waals surface area contributed by atoms with Crippen molar-refractivity contribution in [1.29, 1.82) is 0 Å². The normalized spacial score (nSPS) is 11.5. The third kappa shape index (κ3) is 4.03. The largest absolute Gasteiger partial charge is 0.399 e. The molecule has 0 aliphatic heterocycles. The SMILES string of the molecule is CCc1ccc(N)cc1S(=O)(=O)NCCc1ccccn1. The van der Waals surface area contributed by atoms with Crippen LogP contribution in [0.5, 0.6) is 0 Å². The minimum Gasteiger partial charge on any atom is -0.399 e. The zero-order valence-corrected chi connectivity index (χ0v) is 12.7. The van der Waals surface area contributed by atoms with Crippen LogP contribution in [0.15, 0.2) is 47.5 Å². The van der Waals surface area contributed by atoms with Crippen molar-refractivity contribution in [2.24, 2.45) is 0 Å². The molecule has 112 valence electrons. The second-order valence-electron chi connectivity index (χ2n) is 4.69. The molecule has 3 N–H and O–H groups in total. The van der Waals surface area contributed by atoms with Crippen molar-refractivity contribution >= 4 is 15.7 Å². The van der Waals surface area contributed by atoms with E-state index in [4.69, 9.17) is 5.73 Å². The van der Waals surface area contributed by atoms with Gasteiger partial charge in [0.15, 0.2) is 0 Å². The van der Waals surface area contributed by atoms with Gasteiger partial charge in [0, 0.05) is 30.5 Å². The molecule has 0 saturated carbocycles. The van der Waals surface area contributed by atoms with Crippen LogP contribution in [0.1, 0.15) is 18.2 Å². The number of nitrogens with one attached hydrogen (secondary N) is 1. The van der Waals surface area contributed by atoms with Gasteiger partial charge in [-0.05, 0) is 36.2 Å². The second kappa shape index (κ2) is 6.69. The molecular weight excluding hydrogens is 286 g/mol. The Bertz CT molecular complexity index is 700. The van der Waals surface area contributed by atoms with Crippen molar-refractivity contribution < 1.29 is 8.42 Å². The lowest BCUT2D eigenvalue weighted by atomic mass is 10.1. The van der Waals surface area contributed by atoms with Crippen molar-refractivity contribution in [2.45, 2.75) is 24.7 Å². The number of nitrogen functional groups attached to an aromatic ring is 1. The second-order valence-corrected chi connectivity index (χ2v) is 6.42. The molecule has 0 spiro atoms. The lowest BCUT2D eigenvalue weighted by Gasteiger charge is -2.11. The first-order valence-corrected chi connectivity index (χ1v) is 8.29. The summed E-state index contributed by atoms with van der Waals surface area (Å²) in [5.74, 6) is 0. The van der Waals surface area contributed by atoms with E-state index in [-0.39, 0.29) is 4.90 Å². The number of anilines is 1. The first-order chi connectivity index (χ1) is 10.0. The topological polar surface area (TPSA) is 85.1 Å². The van der Waals surface area contributed by atoms with E-state index in [0.29, 0.717) is 25.1 Å². The van der Waals surface area contributed by atoms with Crippen molar-refractivity contribution in [1.82, 2.24) is 9.71 Å². The van der Waals surface area contributed by atoms with Gasteiger partial charge in [-0.15, -0.1) is 0 Å². The van der Waals surface area contributed by atoms with Crippen LogP contribution in [-0.4, -0.2) is 19.9 Å². The van der Waals surface area contributed by atoms with E-state index in [1.807, 2.05) is 25.1 Å². The monoisotopic (exact) mass is 305 g/mol. The van der Waals surface area contributed by atoms with Crippen LogP contribution in [-0.2, 0) is 22.9 Å². The molecule has 0 unspecified atom stereocenters. The highest BCUT2D eigenvalue weighted by atomic mass is 32.2. The Balaban J connectivity index is 2.10. The molecule has 6 heteroatoms. The fourth-order valence-electron chi connectivity index (χ4n) is 2.05. The summed E-state index contributed by atoms with van der Waals surface area (Å²) in [7, 11) is -3.55.